The second-order valence-corrected chi connectivity index (χ2v) is 5.29. The lowest BCUT2D eigenvalue weighted by molar-refractivity contribution is 0.552. The van der Waals surface area contributed by atoms with E-state index in [0.717, 1.165) is 18.0 Å². The lowest BCUT2D eigenvalue weighted by atomic mass is 10.2. The van der Waals surface area contributed by atoms with Gasteiger partial charge in [-0.1, -0.05) is 19.1 Å². The Labute approximate surface area is 117 Å². The van der Waals surface area contributed by atoms with Gasteiger partial charge in [0.1, 0.15) is 5.82 Å². The molecular formula is C14H18FN3S. The van der Waals surface area contributed by atoms with Crippen molar-refractivity contribution in [3.63, 3.8) is 0 Å². The largest absolute Gasteiger partial charge is 0.308 e. The second-order valence-electron chi connectivity index (χ2n) is 4.23. The fourth-order valence-corrected chi connectivity index (χ4v) is 2.97. The molecule has 0 spiro atoms. The fraction of sp³-hybridized carbons (Fsp3) is 0.357. The first-order chi connectivity index (χ1) is 9.22. The highest BCUT2D eigenvalue weighted by molar-refractivity contribution is 7.99. The van der Waals surface area contributed by atoms with E-state index in [-0.39, 0.29) is 11.9 Å². The number of nitrogens with one attached hydrogen (secondary N) is 1. The molecule has 0 aliphatic heterocycles. The maximum absolute atomic E-state index is 13.6. The van der Waals surface area contributed by atoms with Crippen LogP contribution in [0, 0.1) is 5.82 Å². The number of aromatic nitrogens is 2. The van der Waals surface area contributed by atoms with Gasteiger partial charge in [-0.15, -0.1) is 11.8 Å². The van der Waals surface area contributed by atoms with Gasteiger partial charge in [-0.25, -0.2) is 4.39 Å². The maximum Gasteiger partial charge on any atom is 0.136 e. The molecule has 102 valence electrons. The molecular weight excluding hydrogens is 261 g/mol. The third-order valence-corrected chi connectivity index (χ3v) is 4.05. The number of aryl methyl sites for hydroxylation is 1. The van der Waals surface area contributed by atoms with Gasteiger partial charge < -0.3 is 5.32 Å². The summed E-state index contributed by atoms with van der Waals surface area (Å²) in [6, 6.07) is 9.04. The van der Waals surface area contributed by atoms with Gasteiger partial charge in [-0.05, 0) is 24.7 Å². The molecule has 1 aromatic heterocycles. The summed E-state index contributed by atoms with van der Waals surface area (Å²) in [5, 5.41) is 7.60. The van der Waals surface area contributed by atoms with E-state index in [2.05, 4.69) is 17.3 Å². The van der Waals surface area contributed by atoms with Crippen molar-refractivity contribution >= 4 is 11.8 Å². The highest BCUT2D eigenvalue weighted by atomic mass is 32.2. The van der Waals surface area contributed by atoms with Crippen molar-refractivity contribution in [1.29, 1.82) is 0 Å². The molecule has 5 heteroatoms. The number of rotatable bonds is 6. The summed E-state index contributed by atoms with van der Waals surface area (Å²) in [5.41, 5.74) is 1.12. The van der Waals surface area contributed by atoms with Crippen LogP contribution in [0.4, 0.5) is 4.39 Å². The quantitative estimate of drug-likeness (QED) is 0.824. The van der Waals surface area contributed by atoms with Crippen molar-refractivity contribution < 1.29 is 4.39 Å². The van der Waals surface area contributed by atoms with Crippen LogP contribution in [0.1, 0.15) is 18.7 Å². The van der Waals surface area contributed by atoms with E-state index in [4.69, 9.17) is 0 Å². The number of hydrogen-bond donors (Lipinski definition) is 1. The molecule has 19 heavy (non-hydrogen) atoms. The summed E-state index contributed by atoms with van der Waals surface area (Å²) in [7, 11) is 1.92. The molecule has 1 unspecified atom stereocenters. The predicted molar refractivity (Wildman–Crippen MR) is 76.7 cm³/mol. The molecule has 0 amide bonds. The van der Waals surface area contributed by atoms with Crippen molar-refractivity contribution in [3.8, 4) is 0 Å². The van der Waals surface area contributed by atoms with Crippen molar-refractivity contribution in [2.24, 2.45) is 7.05 Å². The van der Waals surface area contributed by atoms with Crippen LogP contribution in [0.2, 0.25) is 0 Å². The van der Waals surface area contributed by atoms with E-state index < -0.39 is 0 Å². The SMILES string of the molecule is CCNC(CSc1ccccc1F)c1ccnn1C. The minimum absolute atomic E-state index is 0.159. The van der Waals surface area contributed by atoms with Crippen LogP contribution in [0.5, 0.6) is 0 Å². The molecule has 0 aliphatic carbocycles. The van der Waals surface area contributed by atoms with E-state index in [9.17, 15) is 4.39 Å². The standard InChI is InChI=1S/C14H18FN3S/c1-3-16-12(13-8-9-17-18(13)2)10-19-14-7-5-4-6-11(14)15/h4-9,12,16H,3,10H2,1-2H3. The smallest absolute Gasteiger partial charge is 0.136 e. The van der Waals surface area contributed by atoms with E-state index in [0.29, 0.717) is 4.90 Å². The number of halogens is 1. The highest BCUT2D eigenvalue weighted by Gasteiger charge is 2.15. The molecule has 0 aliphatic rings. The number of thioether (sulfide) groups is 1. The van der Waals surface area contributed by atoms with Gasteiger partial charge in [0.15, 0.2) is 0 Å². The third-order valence-electron chi connectivity index (χ3n) is 2.91. The Hall–Kier alpha value is -1.33. The van der Waals surface area contributed by atoms with Crippen LogP contribution in [-0.2, 0) is 7.05 Å². The van der Waals surface area contributed by atoms with Crippen LogP contribution in [-0.4, -0.2) is 22.1 Å². The van der Waals surface area contributed by atoms with E-state index >= 15 is 0 Å². The molecule has 0 bridgehead atoms. The minimum atomic E-state index is -0.159. The molecule has 0 radical (unpaired) electrons. The monoisotopic (exact) mass is 279 g/mol. The molecule has 2 rings (SSSR count). The van der Waals surface area contributed by atoms with Crippen molar-refractivity contribution in [2.45, 2.75) is 17.9 Å². The van der Waals surface area contributed by atoms with Gasteiger partial charge in [-0.3, -0.25) is 4.68 Å². The van der Waals surface area contributed by atoms with Crippen molar-refractivity contribution in [2.75, 3.05) is 12.3 Å². The fourth-order valence-electron chi connectivity index (χ4n) is 1.96. The molecule has 1 atom stereocenters. The van der Waals surface area contributed by atoms with Gasteiger partial charge in [0.05, 0.1) is 11.7 Å². The van der Waals surface area contributed by atoms with Gasteiger partial charge >= 0.3 is 0 Å². The summed E-state index contributed by atoms with van der Waals surface area (Å²) in [5.74, 6) is 0.613. The maximum atomic E-state index is 13.6. The molecule has 1 aromatic carbocycles. The van der Waals surface area contributed by atoms with Gasteiger partial charge in [-0.2, -0.15) is 5.10 Å². The lowest BCUT2D eigenvalue weighted by Crippen LogP contribution is -2.25. The molecule has 0 saturated heterocycles. The first-order valence-electron chi connectivity index (χ1n) is 6.31. The summed E-state index contributed by atoms with van der Waals surface area (Å²) >= 11 is 1.52. The highest BCUT2D eigenvalue weighted by Crippen LogP contribution is 2.26. The topological polar surface area (TPSA) is 29.9 Å². The Bertz CT molecular complexity index is 527. The van der Waals surface area contributed by atoms with E-state index in [1.165, 1.54) is 17.8 Å². The Balaban J connectivity index is 2.06. The average Bonchev–Trinajstić information content (AvgIpc) is 2.82. The normalized spacial score (nSPS) is 12.6. The molecule has 3 nitrogen and oxygen atoms in total. The Morgan fingerprint density at radius 3 is 2.79 bits per heavy atom. The zero-order chi connectivity index (χ0) is 13.7. The zero-order valence-corrected chi connectivity index (χ0v) is 12.0. The lowest BCUT2D eigenvalue weighted by Gasteiger charge is -2.18. The first-order valence-corrected chi connectivity index (χ1v) is 7.29. The molecule has 1 N–H and O–H groups in total. The molecule has 1 heterocycles. The first kappa shape index (κ1) is 14.1. The Morgan fingerprint density at radius 2 is 2.16 bits per heavy atom. The summed E-state index contributed by atoms with van der Waals surface area (Å²) < 4.78 is 15.4. The average molecular weight is 279 g/mol. The summed E-state index contributed by atoms with van der Waals surface area (Å²) in [6.07, 6.45) is 1.79. The molecule has 2 aromatic rings. The van der Waals surface area contributed by atoms with Crippen LogP contribution in [0.15, 0.2) is 41.4 Å². The van der Waals surface area contributed by atoms with Gasteiger partial charge in [0.25, 0.3) is 0 Å². The third kappa shape index (κ3) is 3.58. The van der Waals surface area contributed by atoms with Gasteiger partial charge in [0.2, 0.25) is 0 Å². The summed E-state index contributed by atoms with van der Waals surface area (Å²) in [6.45, 7) is 2.94. The van der Waals surface area contributed by atoms with Crippen LogP contribution in [0.3, 0.4) is 0 Å². The summed E-state index contributed by atoms with van der Waals surface area (Å²) in [4.78, 5) is 0.688. The molecule has 0 saturated carbocycles. The van der Waals surface area contributed by atoms with Crippen LogP contribution in [0.25, 0.3) is 0 Å². The number of benzene rings is 1. The number of hydrogen-bond acceptors (Lipinski definition) is 3. The van der Waals surface area contributed by atoms with E-state index in [1.807, 2.05) is 29.9 Å². The van der Waals surface area contributed by atoms with Crippen molar-refractivity contribution in [1.82, 2.24) is 15.1 Å². The predicted octanol–water partition coefficient (Wildman–Crippen LogP) is 3.00. The van der Waals surface area contributed by atoms with E-state index in [1.54, 1.807) is 12.3 Å². The van der Waals surface area contributed by atoms with Crippen molar-refractivity contribution in [3.05, 3.63) is 48.0 Å². The number of nitrogens with zero attached hydrogens (tertiary/aromatic N) is 2. The van der Waals surface area contributed by atoms with Crippen LogP contribution >= 0.6 is 11.8 Å². The Kier molecular flexibility index (Phi) is 4.99. The molecule has 0 fully saturated rings. The Morgan fingerprint density at radius 1 is 1.37 bits per heavy atom. The minimum Gasteiger partial charge on any atom is -0.308 e. The van der Waals surface area contributed by atoms with Gasteiger partial charge in [0, 0.05) is 23.9 Å². The zero-order valence-electron chi connectivity index (χ0n) is 11.1. The van der Waals surface area contributed by atoms with Crippen LogP contribution < -0.4 is 5.32 Å². The second kappa shape index (κ2) is 6.73.